The Morgan fingerprint density at radius 2 is 1.60 bits per heavy atom. The highest BCUT2D eigenvalue weighted by atomic mass is 35.5. The lowest BCUT2D eigenvalue weighted by Gasteiger charge is -2.25. The highest BCUT2D eigenvalue weighted by Crippen LogP contribution is 2.33. The second kappa shape index (κ2) is 12.2. The maximum atomic E-state index is 13.4. The van der Waals surface area contributed by atoms with E-state index in [0.29, 0.717) is 29.7 Å². The third kappa shape index (κ3) is 6.81. The summed E-state index contributed by atoms with van der Waals surface area (Å²) in [4.78, 5) is 12.9. The number of amides is 1. The van der Waals surface area contributed by atoms with Crippen LogP contribution in [0, 0.1) is 0 Å². The molecular weight excluding hydrogens is 511 g/mol. The first-order valence-electron chi connectivity index (χ1n) is 10.9. The van der Waals surface area contributed by atoms with Crippen LogP contribution in [0.1, 0.15) is 19.4 Å². The maximum absolute atomic E-state index is 13.4. The summed E-state index contributed by atoms with van der Waals surface area (Å²) in [6.07, 6.45) is 0. The standard InChI is InChI=1S/C25H26Cl2N2O5S/c1-3-33-23-13-10-18(14-24(23)34-4-2)16-28-25(30)17-29(22-12-11-19(26)15-21(22)27)35(31,32)20-8-6-5-7-9-20/h5-15H,3-4,16-17H2,1-2H3,(H,28,30). The largest absolute Gasteiger partial charge is 0.490 e. The maximum Gasteiger partial charge on any atom is 0.264 e. The molecule has 0 fully saturated rings. The molecule has 0 spiro atoms. The van der Waals surface area contributed by atoms with Crippen LogP contribution in [0.4, 0.5) is 5.69 Å². The summed E-state index contributed by atoms with van der Waals surface area (Å²) in [5, 5.41) is 3.22. The quantitative estimate of drug-likeness (QED) is 0.359. The van der Waals surface area contributed by atoms with Crippen molar-refractivity contribution in [3.8, 4) is 11.5 Å². The molecule has 0 heterocycles. The van der Waals surface area contributed by atoms with E-state index < -0.39 is 22.5 Å². The minimum atomic E-state index is -4.09. The molecule has 0 saturated carbocycles. The van der Waals surface area contributed by atoms with Crippen molar-refractivity contribution in [1.29, 1.82) is 0 Å². The van der Waals surface area contributed by atoms with Crippen molar-refractivity contribution in [3.63, 3.8) is 0 Å². The SMILES string of the molecule is CCOc1ccc(CNC(=O)CN(c2ccc(Cl)cc2Cl)S(=O)(=O)c2ccccc2)cc1OCC. The minimum absolute atomic E-state index is 0.0340. The first-order chi connectivity index (χ1) is 16.8. The summed E-state index contributed by atoms with van der Waals surface area (Å²) in [5.41, 5.74) is 0.919. The molecule has 3 aromatic rings. The molecule has 0 radical (unpaired) electrons. The molecule has 0 atom stereocenters. The van der Waals surface area contributed by atoms with Crippen LogP contribution in [-0.2, 0) is 21.4 Å². The fraction of sp³-hybridized carbons (Fsp3) is 0.240. The third-order valence-corrected chi connectivity index (χ3v) is 7.21. The first-order valence-corrected chi connectivity index (χ1v) is 13.1. The zero-order valence-electron chi connectivity index (χ0n) is 19.3. The Morgan fingerprint density at radius 1 is 0.914 bits per heavy atom. The van der Waals surface area contributed by atoms with Crippen molar-refractivity contribution in [2.45, 2.75) is 25.3 Å². The Labute approximate surface area is 215 Å². The van der Waals surface area contributed by atoms with Gasteiger partial charge >= 0.3 is 0 Å². The Bertz CT molecular complexity index is 1270. The van der Waals surface area contributed by atoms with Crippen LogP contribution in [0.3, 0.4) is 0 Å². The van der Waals surface area contributed by atoms with E-state index in [0.717, 1.165) is 9.87 Å². The second-order valence-electron chi connectivity index (χ2n) is 7.34. The first kappa shape index (κ1) is 26.7. The Balaban J connectivity index is 1.83. The zero-order chi connectivity index (χ0) is 25.4. The number of sulfonamides is 1. The van der Waals surface area contributed by atoms with Crippen molar-refractivity contribution in [1.82, 2.24) is 5.32 Å². The van der Waals surface area contributed by atoms with Gasteiger partial charge in [0.05, 0.1) is 28.8 Å². The van der Waals surface area contributed by atoms with Gasteiger partial charge in [-0.25, -0.2) is 8.42 Å². The Kier molecular flexibility index (Phi) is 9.26. The number of rotatable bonds is 11. The van der Waals surface area contributed by atoms with Gasteiger partial charge in [-0.2, -0.15) is 0 Å². The summed E-state index contributed by atoms with van der Waals surface area (Å²) >= 11 is 12.3. The van der Waals surface area contributed by atoms with E-state index in [9.17, 15) is 13.2 Å². The predicted molar refractivity (Wildman–Crippen MR) is 138 cm³/mol. The molecule has 1 amide bonds. The van der Waals surface area contributed by atoms with Crippen LogP contribution in [-0.4, -0.2) is 34.1 Å². The van der Waals surface area contributed by atoms with Gasteiger partial charge in [0.25, 0.3) is 10.0 Å². The molecule has 3 rings (SSSR count). The number of carbonyl (C=O) groups is 1. The van der Waals surface area contributed by atoms with Gasteiger partial charge in [-0.3, -0.25) is 9.10 Å². The monoisotopic (exact) mass is 536 g/mol. The lowest BCUT2D eigenvalue weighted by molar-refractivity contribution is -0.119. The third-order valence-electron chi connectivity index (χ3n) is 4.89. The van der Waals surface area contributed by atoms with Crippen molar-refractivity contribution in [2.75, 3.05) is 24.1 Å². The van der Waals surface area contributed by atoms with Crippen LogP contribution in [0.5, 0.6) is 11.5 Å². The van der Waals surface area contributed by atoms with Crippen molar-refractivity contribution in [2.24, 2.45) is 0 Å². The Hall–Kier alpha value is -2.94. The fourth-order valence-corrected chi connectivity index (χ4v) is 5.32. The van der Waals surface area contributed by atoms with Gasteiger partial charge in [-0.05, 0) is 61.9 Å². The highest BCUT2D eigenvalue weighted by Gasteiger charge is 2.28. The number of ether oxygens (including phenoxy) is 2. The molecule has 35 heavy (non-hydrogen) atoms. The normalized spacial score (nSPS) is 11.1. The summed E-state index contributed by atoms with van der Waals surface area (Å²) in [6, 6.07) is 17.6. The molecule has 1 N–H and O–H groups in total. The molecule has 0 aromatic heterocycles. The number of nitrogens with zero attached hydrogens (tertiary/aromatic N) is 1. The van der Waals surface area contributed by atoms with E-state index in [2.05, 4.69) is 5.32 Å². The highest BCUT2D eigenvalue weighted by molar-refractivity contribution is 7.92. The molecule has 0 saturated heterocycles. The topological polar surface area (TPSA) is 84.9 Å². The summed E-state index contributed by atoms with van der Waals surface area (Å²) in [5.74, 6) is 0.673. The van der Waals surface area contributed by atoms with E-state index in [-0.39, 0.29) is 22.2 Å². The van der Waals surface area contributed by atoms with E-state index in [1.54, 1.807) is 30.3 Å². The van der Waals surface area contributed by atoms with Crippen LogP contribution in [0.25, 0.3) is 0 Å². The fourth-order valence-electron chi connectivity index (χ4n) is 3.30. The van der Waals surface area contributed by atoms with Crippen molar-refractivity contribution < 1.29 is 22.7 Å². The Morgan fingerprint density at radius 3 is 2.26 bits per heavy atom. The number of nitrogens with one attached hydrogen (secondary N) is 1. The lowest BCUT2D eigenvalue weighted by atomic mass is 10.2. The molecule has 0 aliphatic heterocycles. The van der Waals surface area contributed by atoms with Gasteiger partial charge in [-0.1, -0.05) is 47.5 Å². The molecule has 0 bridgehead atoms. The number of halogens is 2. The molecule has 0 aliphatic rings. The summed E-state index contributed by atoms with van der Waals surface area (Å²) in [6.45, 7) is 4.39. The van der Waals surface area contributed by atoms with Crippen LogP contribution >= 0.6 is 23.2 Å². The van der Waals surface area contributed by atoms with E-state index in [1.165, 1.54) is 30.3 Å². The van der Waals surface area contributed by atoms with Gasteiger partial charge in [0, 0.05) is 11.6 Å². The van der Waals surface area contributed by atoms with E-state index >= 15 is 0 Å². The van der Waals surface area contributed by atoms with Crippen molar-refractivity contribution in [3.05, 3.63) is 82.3 Å². The van der Waals surface area contributed by atoms with Gasteiger partial charge in [-0.15, -0.1) is 0 Å². The zero-order valence-corrected chi connectivity index (χ0v) is 21.7. The number of anilines is 1. The molecule has 0 unspecified atom stereocenters. The molecule has 0 aliphatic carbocycles. The van der Waals surface area contributed by atoms with Gasteiger partial charge in [0.15, 0.2) is 11.5 Å². The van der Waals surface area contributed by atoms with Gasteiger partial charge in [0.2, 0.25) is 5.91 Å². The smallest absolute Gasteiger partial charge is 0.264 e. The van der Waals surface area contributed by atoms with Crippen LogP contribution in [0.15, 0.2) is 71.6 Å². The summed E-state index contributed by atoms with van der Waals surface area (Å²) < 4.78 is 39.0. The number of benzene rings is 3. The number of carbonyl (C=O) groups excluding carboxylic acids is 1. The van der Waals surface area contributed by atoms with E-state index in [1.807, 2.05) is 19.9 Å². The van der Waals surface area contributed by atoms with Crippen LogP contribution < -0.4 is 19.1 Å². The lowest BCUT2D eigenvalue weighted by Crippen LogP contribution is -2.40. The molecule has 7 nitrogen and oxygen atoms in total. The molecule has 3 aromatic carbocycles. The molecule has 186 valence electrons. The van der Waals surface area contributed by atoms with Gasteiger partial charge < -0.3 is 14.8 Å². The average molecular weight is 537 g/mol. The van der Waals surface area contributed by atoms with Crippen LogP contribution in [0.2, 0.25) is 10.0 Å². The molecule has 10 heteroatoms. The van der Waals surface area contributed by atoms with Crippen molar-refractivity contribution >= 4 is 44.8 Å². The minimum Gasteiger partial charge on any atom is -0.490 e. The second-order valence-corrected chi connectivity index (χ2v) is 10.1. The predicted octanol–water partition coefficient (Wildman–Crippen LogP) is 5.30. The number of hydrogen-bond acceptors (Lipinski definition) is 5. The van der Waals surface area contributed by atoms with Gasteiger partial charge in [0.1, 0.15) is 6.54 Å². The number of hydrogen-bond donors (Lipinski definition) is 1. The molecular formula is C25H26Cl2N2O5S. The average Bonchev–Trinajstić information content (AvgIpc) is 2.84. The summed E-state index contributed by atoms with van der Waals surface area (Å²) in [7, 11) is -4.09. The van der Waals surface area contributed by atoms with E-state index in [4.69, 9.17) is 32.7 Å².